The van der Waals surface area contributed by atoms with Crippen LogP contribution in [0.1, 0.15) is 0 Å². The Labute approximate surface area is 288 Å². The highest BCUT2D eigenvalue weighted by molar-refractivity contribution is 7.21. The Bertz CT molecular complexity index is 2440. The average Bonchev–Trinajstić information content (AvgIpc) is 3.63. The summed E-state index contributed by atoms with van der Waals surface area (Å²) in [7, 11) is 0. The second-order valence-electron chi connectivity index (χ2n) is 12.0. The number of hydrogen-bond acceptors (Lipinski definition) is 5. The average molecular weight is 645 g/mol. The summed E-state index contributed by atoms with van der Waals surface area (Å²) in [6.07, 6.45) is 0. The van der Waals surface area contributed by atoms with Gasteiger partial charge < -0.3 is 0 Å². The van der Waals surface area contributed by atoms with E-state index in [4.69, 9.17) is 19.9 Å². The summed E-state index contributed by atoms with van der Waals surface area (Å²) in [5.41, 5.74) is 9.60. The molecule has 49 heavy (non-hydrogen) atoms. The summed E-state index contributed by atoms with van der Waals surface area (Å²) in [6, 6.07) is 58.9. The summed E-state index contributed by atoms with van der Waals surface area (Å²) in [6.45, 7) is 0. The van der Waals surface area contributed by atoms with Gasteiger partial charge in [-0.3, -0.25) is 0 Å². The van der Waals surface area contributed by atoms with E-state index in [2.05, 4.69) is 152 Å². The Kier molecular flexibility index (Phi) is 7.30. The fraction of sp³-hybridized carbons (Fsp3) is 0. The predicted octanol–water partition coefficient (Wildman–Crippen LogP) is 11.6. The first kappa shape index (κ1) is 28.9. The van der Waals surface area contributed by atoms with Crippen LogP contribution in [0.2, 0.25) is 0 Å². The lowest BCUT2D eigenvalue weighted by atomic mass is 10.0. The van der Waals surface area contributed by atoms with E-state index in [-0.39, 0.29) is 0 Å². The first-order valence-electron chi connectivity index (χ1n) is 16.2. The van der Waals surface area contributed by atoms with Gasteiger partial charge in [0.15, 0.2) is 17.5 Å². The van der Waals surface area contributed by atoms with Crippen LogP contribution in [0.4, 0.5) is 0 Å². The zero-order chi connectivity index (χ0) is 32.6. The molecule has 9 aromatic rings. The Morgan fingerprint density at radius 1 is 0.306 bits per heavy atom. The lowest BCUT2D eigenvalue weighted by Crippen LogP contribution is -2.00. The molecule has 0 atom stereocenters. The third kappa shape index (κ3) is 5.77. The molecule has 2 heterocycles. The fourth-order valence-electron chi connectivity index (χ4n) is 6.16. The Balaban J connectivity index is 1.11. The number of aromatic nitrogens is 4. The van der Waals surface area contributed by atoms with Crippen molar-refractivity contribution in [2.75, 3.05) is 0 Å². The summed E-state index contributed by atoms with van der Waals surface area (Å²) >= 11 is 1.72. The first-order valence-corrected chi connectivity index (χ1v) is 17.0. The van der Waals surface area contributed by atoms with Gasteiger partial charge in [0.2, 0.25) is 0 Å². The molecule has 230 valence electrons. The summed E-state index contributed by atoms with van der Waals surface area (Å²) in [5, 5.41) is 3.28. The Morgan fingerprint density at radius 2 is 0.714 bits per heavy atom. The van der Waals surface area contributed by atoms with E-state index < -0.39 is 0 Å². The van der Waals surface area contributed by atoms with E-state index in [0.717, 1.165) is 54.7 Å². The smallest absolute Gasteiger partial charge is 0.164 e. The normalized spacial score (nSPS) is 11.3. The second-order valence-corrected chi connectivity index (χ2v) is 13.0. The van der Waals surface area contributed by atoms with Gasteiger partial charge in [0.05, 0.1) is 10.2 Å². The highest BCUT2D eigenvalue weighted by Gasteiger charge is 2.14. The molecule has 0 spiro atoms. The van der Waals surface area contributed by atoms with E-state index >= 15 is 0 Å². The molecule has 0 N–H and O–H groups in total. The maximum Gasteiger partial charge on any atom is 0.164 e. The van der Waals surface area contributed by atoms with Gasteiger partial charge in [-0.15, -0.1) is 11.3 Å². The summed E-state index contributed by atoms with van der Waals surface area (Å²) in [5.74, 6) is 1.91. The van der Waals surface area contributed by atoms with E-state index in [1.807, 2.05) is 18.2 Å². The van der Waals surface area contributed by atoms with Gasteiger partial charge in [-0.1, -0.05) is 146 Å². The molecular formula is C44H28N4S. The van der Waals surface area contributed by atoms with Crippen molar-refractivity contribution in [3.63, 3.8) is 0 Å². The molecule has 0 aliphatic heterocycles. The Hall–Kier alpha value is -6.30. The van der Waals surface area contributed by atoms with Crippen LogP contribution in [0.25, 0.3) is 88.0 Å². The largest absolute Gasteiger partial charge is 0.236 e. The number of fused-ring (bicyclic) bond motifs is 2. The van der Waals surface area contributed by atoms with E-state index in [1.54, 1.807) is 11.3 Å². The minimum Gasteiger partial charge on any atom is -0.236 e. The van der Waals surface area contributed by atoms with Crippen molar-refractivity contribution in [3.8, 4) is 67.0 Å². The molecule has 0 saturated heterocycles. The van der Waals surface area contributed by atoms with E-state index in [0.29, 0.717) is 17.5 Å². The minimum atomic E-state index is 0.636. The van der Waals surface area contributed by atoms with Crippen molar-refractivity contribution in [2.24, 2.45) is 0 Å². The minimum absolute atomic E-state index is 0.636. The maximum atomic E-state index is 5.03. The molecule has 0 saturated carbocycles. The van der Waals surface area contributed by atoms with Crippen molar-refractivity contribution < 1.29 is 0 Å². The molecular weight excluding hydrogens is 617 g/mol. The molecule has 0 unspecified atom stereocenters. The van der Waals surface area contributed by atoms with E-state index in [1.165, 1.54) is 15.8 Å². The summed E-state index contributed by atoms with van der Waals surface area (Å²) in [4.78, 5) is 19.9. The second kappa shape index (κ2) is 12.4. The third-order valence-electron chi connectivity index (χ3n) is 8.78. The van der Waals surface area contributed by atoms with Crippen LogP contribution < -0.4 is 0 Å². The number of benzene rings is 7. The molecule has 2 aromatic heterocycles. The maximum absolute atomic E-state index is 5.03. The van der Waals surface area contributed by atoms with Crippen molar-refractivity contribution in [3.05, 3.63) is 170 Å². The molecule has 5 heteroatoms. The van der Waals surface area contributed by atoms with Crippen molar-refractivity contribution in [2.45, 2.75) is 0 Å². The van der Waals surface area contributed by atoms with Gasteiger partial charge in [0, 0.05) is 22.3 Å². The van der Waals surface area contributed by atoms with Crippen molar-refractivity contribution in [1.82, 2.24) is 19.9 Å². The fourth-order valence-corrected chi connectivity index (χ4v) is 7.12. The Morgan fingerprint density at radius 3 is 1.27 bits per heavy atom. The quantitative estimate of drug-likeness (QED) is 0.181. The first-order chi connectivity index (χ1) is 24.2. The van der Waals surface area contributed by atoms with E-state index in [9.17, 15) is 0 Å². The van der Waals surface area contributed by atoms with Gasteiger partial charge in [-0.2, -0.15) is 0 Å². The lowest BCUT2D eigenvalue weighted by Gasteiger charge is -2.10. The number of hydrogen-bond donors (Lipinski definition) is 0. The lowest BCUT2D eigenvalue weighted by molar-refractivity contribution is 1.07. The van der Waals surface area contributed by atoms with Crippen LogP contribution in [-0.4, -0.2) is 19.9 Å². The number of nitrogens with zero attached hydrogens (tertiary/aromatic N) is 4. The molecule has 0 bridgehead atoms. The number of para-hydroxylation sites is 1. The van der Waals surface area contributed by atoms with Gasteiger partial charge in [-0.05, 0) is 57.3 Å². The topological polar surface area (TPSA) is 51.6 Å². The van der Waals surface area contributed by atoms with Gasteiger partial charge in [0.1, 0.15) is 5.01 Å². The van der Waals surface area contributed by atoms with Crippen LogP contribution in [-0.2, 0) is 0 Å². The molecule has 0 radical (unpaired) electrons. The zero-order valence-corrected chi connectivity index (χ0v) is 27.2. The summed E-state index contributed by atoms with van der Waals surface area (Å²) < 4.78 is 1.19. The van der Waals surface area contributed by atoms with Crippen LogP contribution >= 0.6 is 11.3 Å². The highest BCUT2D eigenvalue weighted by atomic mass is 32.1. The molecule has 0 amide bonds. The van der Waals surface area contributed by atoms with Gasteiger partial charge in [0.25, 0.3) is 0 Å². The number of rotatable bonds is 6. The molecule has 9 rings (SSSR count). The van der Waals surface area contributed by atoms with Crippen LogP contribution in [0.15, 0.2) is 170 Å². The monoisotopic (exact) mass is 644 g/mol. The van der Waals surface area contributed by atoms with Crippen LogP contribution in [0.3, 0.4) is 0 Å². The standard InChI is InChI=1S/C44H28N4S/c1-3-9-29(10-4-1)31-15-19-33(20-16-31)41-46-42(34-21-17-32(18-22-34)30-11-5-2-6-12-30)48-43(47-41)37-25-23-36-28-38(26-24-35(36)27-37)44-45-39-13-7-8-14-40(39)49-44/h1-28H. The zero-order valence-electron chi connectivity index (χ0n) is 26.4. The predicted molar refractivity (Wildman–Crippen MR) is 203 cm³/mol. The third-order valence-corrected chi connectivity index (χ3v) is 9.86. The molecule has 7 aromatic carbocycles. The van der Waals surface area contributed by atoms with Crippen LogP contribution in [0, 0.1) is 0 Å². The molecule has 4 nitrogen and oxygen atoms in total. The molecule has 0 fully saturated rings. The highest BCUT2D eigenvalue weighted by Crippen LogP contribution is 2.34. The molecule has 0 aliphatic carbocycles. The number of thiazole rings is 1. The van der Waals surface area contributed by atoms with Crippen molar-refractivity contribution in [1.29, 1.82) is 0 Å². The van der Waals surface area contributed by atoms with Gasteiger partial charge >= 0.3 is 0 Å². The SMILES string of the molecule is c1ccc(-c2ccc(-c3nc(-c4ccc(-c5ccccc5)cc4)nc(-c4ccc5cc(-c6nc7ccccc7s6)ccc5c4)n3)cc2)cc1. The molecule has 0 aliphatic rings. The van der Waals surface area contributed by atoms with Crippen molar-refractivity contribution >= 4 is 32.3 Å². The van der Waals surface area contributed by atoms with Gasteiger partial charge in [-0.25, -0.2) is 19.9 Å². The van der Waals surface area contributed by atoms with Crippen LogP contribution in [0.5, 0.6) is 0 Å².